The molecular formula is C16H26N2OS. The summed E-state index contributed by atoms with van der Waals surface area (Å²) in [7, 11) is 0. The van der Waals surface area contributed by atoms with E-state index < -0.39 is 0 Å². The Morgan fingerprint density at radius 2 is 2.10 bits per heavy atom. The number of nitrogens with two attached hydrogens (primary N) is 1. The van der Waals surface area contributed by atoms with Crippen LogP contribution in [0, 0.1) is 0 Å². The third-order valence-corrected chi connectivity index (χ3v) is 4.85. The summed E-state index contributed by atoms with van der Waals surface area (Å²) < 4.78 is 5.79. The molecule has 3 unspecified atom stereocenters. The van der Waals surface area contributed by atoms with Crippen LogP contribution in [0.15, 0.2) is 29.2 Å². The average Bonchev–Trinajstić information content (AvgIpc) is 2.49. The molecule has 0 saturated carbocycles. The molecule has 1 fully saturated rings. The van der Waals surface area contributed by atoms with Gasteiger partial charge in [-0.15, -0.1) is 11.8 Å². The summed E-state index contributed by atoms with van der Waals surface area (Å²) in [5.41, 5.74) is 7.40. The lowest BCUT2D eigenvalue weighted by Crippen LogP contribution is -2.51. The lowest BCUT2D eigenvalue weighted by Gasteiger charge is -2.43. The molecule has 0 radical (unpaired) electrons. The van der Waals surface area contributed by atoms with E-state index >= 15 is 0 Å². The second-order valence-electron chi connectivity index (χ2n) is 5.43. The van der Waals surface area contributed by atoms with Crippen molar-refractivity contribution in [3.05, 3.63) is 29.8 Å². The smallest absolute Gasteiger partial charge is 0.0675 e. The van der Waals surface area contributed by atoms with Gasteiger partial charge < -0.3 is 10.5 Å². The summed E-state index contributed by atoms with van der Waals surface area (Å²) in [5, 5.41) is 0. The Balaban J connectivity index is 2.19. The molecule has 0 bridgehead atoms. The third kappa shape index (κ3) is 3.55. The van der Waals surface area contributed by atoms with E-state index in [2.05, 4.69) is 49.3 Å². The largest absolute Gasteiger partial charge is 0.376 e. The van der Waals surface area contributed by atoms with Gasteiger partial charge in [-0.2, -0.15) is 0 Å². The predicted octanol–water partition coefficient (Wildman–Crippen LogP) is 2.91. The molecule has 1 aromatic carbocycles. The first-order valence-corrected chi connectivity index (χ1v) is 8.63. The lowest BCUT2D eigenvalue weighted by molar-refractivity contribution is -0.0719. The van der Waals surface area contributed by atoms with Gasteiger partial charge in [0.25, 0.3) is 0 Å². The average molecular weight is 294 g/mol. The van der Waals surface area contributed by atoms with Crippen molar-refractivity contribution < 1.29 is 4.74 Å². The maximum atomic E-state index is 6.08. The van der Waals surface area contributed by atoms with Gasteiger partial charge in [0, 0.05) is 30.1 Å². The fraction of sp³-hybridized carbons (Fsp3) is 0.625. The highest BCUT2D eigenvalue weighted by molar-refractivity contribution is 7.98. The van der Waals surface area contributed by atoms with Crippen molar-refractivity contribution in [2.24, 2.45) is 5.73 Å². The summed E-state index contributed by atoms with van der Waals surface area (Å²) in [5.74, 6) is 0. The van der Waals surface area contributed by atoms with Crippen LogP contribution in [0.2, 0.25) is 0 Å². The summed E-state index contributed by atoms with van der Waals surface area (Å²) in [6, 6.07) is 9.58. The molecule has 3 nitrogen and oxygen atoms in total. The highest BCUT2D eigenvalue weighted by atomic mass is 32.2. The number of nitrogens with zero attached hydrogens (tertiary/aromatic N) is 1. The van der Waals surface area contributed by atoms with E-state index in [0.29, 0.717) is 18.6 Å². The van der Waals surface area contributed by atoms with Crippen molar-refractivity contribution in [3.8, 4) is 0 Å². The van der Waals surface area contributed by atoms with E-state index in [1.807, 2.05) is 0 Å². The summed E-state index contributed by atoms with van der Waals surface area (Å²) >= 11 is 1.77. The number of morpholine rings is 1. The standard InChI is InChI=1S/C16H26N2OS/c1-4-14-11-19-12(2)10-18(14)16(9-17)13-5-7-15(20-3)8-6-13/h5-8,12,14,16H,4,9-11,17H2,1-3H3. The van der Waals surface area contributed by atoms with Crippen LogP contribution in [0.3, 0.4) is 0 Å². The van der Waals surface area contributed by atoms with Gasteiger partial charge >= 0.3 is 0 Å². The summed E-state index contributed by atoms with van der Waals surface area (Å²) in [6.07, 6.45) is 3.50. The predicted molar refractivity (Wildman–Crippen MR) is 86.2 cm³/mol. The van der Waals surface area contributed by atoms with E-state index in [1.165, 1.54) is 10.5 Å². The highest BCUT2D eigenvalue weighted by Crippen LogP contribution is 2.28. The topological polar surface area (TPSA) is 38.5 Å². The molecule has 0 aliphatic carbocycles. The highest BCUT2D eigenvalue weighted by Gasteiger charge is 2.31. The first-order chi connectivity index (χ1) is 9.69. The van der Waals surface area contributed by atoms with Crippen LogP contribution in [0.25, 0.3) is 0 Å². The molecule has 1 aromatic rings. The summed E-state index contributed by atoms with van der Waals surface area (Å²) in [6.45, 7) is 6.80. The van der Waals surface area contributed by atoms with Gasteiger partial charge in [-0.05, 0) is 37.3 Å². The van der Waals surface area contributed by atoms with E-state index in [1.54, 1.807) is 11.8 Å². The van der Waals surface area contributed by atoms with Gasteiger partial charge in [0.1, 0.15) is 0 Å². The molecule has 0 aromatic heterocycles. The number of hydrogen-bond acceptors (Lipinski definition) is 4. The molecular weight excluding hydrogens is 268 g/mol. The number of benzene rings is 1. The number of hydrogen-bond donors (Lipinski definition) is 1. The minimum Gasteiger partial charge on any atom is -0.376 e. The molecule has 20 heavy (non-hydrogen) atoms. The quantitative estimate of drug-likeness (QED) is 0.848. The zero-order chi connectivity index (χ0) is 14.5. The molecule has 2 rings (SSSR count). The van der Waals surface area contributed by atoms with Crippen molar-refractivity contribution in [2.75, 3.05) is 26.0 Å². The van der Waals surface area contributed by atoms with Crippen LogP contribution >= 0.6 is 11.8 Å². The maximum Gasteiger partial charge on any atom is 0.0675 e. The molecule has 1 heterocycles. The Morgan fingerprint density at radius 1 is 1.40 bits per heavy atom. The molecule has 0 spiro atoms. The fourth-order valence-corrected chi connectivity index (χ4v) is 3.30. The zero-order valence-electron chi connectivity index (χ0n) is 12.7. The molecule has 3 atom stereocenters. The lowest BCUT2D eigenvalue weighted by atomic mass is 10.0. The fourth-order valence-electron chi connectivity index (χ4n) is 2.89. The molecule has 1 saturated heterocycles. The first kappa shape index (κ1) is 15.8. The molecule has 1 aliphatic heterocycles. The number of rotatable bonds is 5. The Bertz CT molecular complexity index is 409. The Labute approximate surface area is 126 Å². The van der Waals surface area contributed by atoms with Crippen molar-refractivity contribution in [2.45, 2.75) is 43.4 Å². The van der Waals surface area contributed by atoms with Crippen LogP contribution in [0.4, 0.5) is 0 Å². The monoisotopic (exact) mass is 294 g/mol. The van der Waals surface area contributed by atoms with Crippen LogP contribution in [-0.2, 0) is 4.74 Å². The molecule has 2 N–H and O–H groups in total. The van der Waals surface area contributed by atoms with Crippen LogP contribution in [0.5, 0.6) is 0 Å². The molecule has 0 amide bonds. The Hall–Kier alpha value is -0.550. The van der Waals surface area contributed by atoms with Gasteiger partial charge in [-0.3, -0.25) is 4.90 Å². The molecule has 4 heteroatoms. The minimum atomic E-state index is 0.289. The van der Waals surface area contributed by atoms with Crippen molar-refractivity contribution in [1.82, 2.24) is 4.90 Å². The van der Waals surface area contributed by atoms with Crippen molar-refractivity contribution in [3.63, 3.8) is 0 Å². The molecule has 1 aliphatic rings. The number of thioether (sulfide) groups is 1. The Morgan fingerprint density at radius 3 is 2.65 bits per heavy atom. The maximum absolute atomic E-state index is 6.08. The van der Waals surface area contributed by atoms with Gasteiger partial charge in [-0.1, -0.05) is 19.1 Å². The Kier molecular flexibility index (Phi) is 5.90. The van der Waals surface area contributed by atoms with Crippen LogP contribution in [-0.4, -0.2) is 43.0 Å². The van der Waals surface area contributed by atoms with Crippen molar-refractivity contribution in [1.29, 1.82) is 0 Å². The van der Waals surface area contributed by atoms with Crippen molar-refractivity contribution >= 4 is 11.8 Å². The van der Waals surface area contributed by atoms with E-state index in [0.717, 1.165) is 19.6 Å². The molecule has 112 valence electrons. The van der Waals surface area contributed by atoms with Crippen LogP contribution < -0.4 is 5.73 Å². The summed E-state index contributed by atoms with van der Waals surface area (Å²) in [4.78, 5) is 3.83. The van der Waals surface area contributed by atoms with Gasteiger partial charge in [0.15, 0.2) is 0 Å². The first-order valence-electron chi connectivity index (χ1n) is 7.41. The van der Waals surface area contributed by atoms with E-state index in [9.17, 15) is 0 Å². The van der Waals surface area contributed by atoms with Gasteiger partial charge in [-0.25, -0.2) is 0 Å². The zero-order valence-corrected chi connectivity index (χ0v) is 13.5. The van der Waals surface area contributed by atoms with Crippen LogP contribution in [0.1, 0.15) is 31.9 Å². The van der Waals surface area contributed by atoms with E-state index in [4.69, 9.17) is 10.5 Å². The second-order valence-corrected chi connectivity index (χ2v) is 6.31. The minimum absolute atomic E-state index is 0.289. The second kappa shape index (κ2) is 7.46. The van der Waals surface area contributed by atoms with E-state index in [-0.39, 0.29) is 6.10 Å². The normalized spacial score (nSPS) is 25.6. The number of ether oxygens (including phenoxy) is 1. The third-order valence-electron chi connectivity index (χ3n) is 4.11. The SMILES string of the molecule is CCC1COC(C)CN1C(CN)c1ccc(SC)cc1. The van der Waals surface area contributed by atoms with Gasteiger partial charge in [0.05, 0.1) is 12.7 Å². The van der Waals surface area contributed by atoms with Gasteiger partial charge in [0.2, 0.25) is 0 Å².